The van der Waals surface area contributed by atoms with Crippen molar-refractivity contribution in [3.05, 3.63) is 88.2 Å². The van der Waals surface area contributed by atoms with Gasteiger partial charge in [-0.1, -0.05) is 28.1 Å². The number of methoxy groups -OCH3 is 2. The van der Waals surface area contributed by atoms with E-state index in [1.807, 2.05) is 49.5 Å². The van der Waals surface area contributed by atoms with Crippen LogP contribution in [-0.2, 0) is 7.05 Å². The number of hydrogen-bond acceptors (Lipinski definition) is 5. The van der Waals surface area contributed by atoms with E-state index in [4.69, 9.17) is 14.6 Å². The first-order valence-corrected chi connectivity index (χ1v) is 11.6. The lowest BCUT2D eigenvalue weighted by Crippen LogP contribution is -2.27. The maximum Gasteiger partial charge on any atom is 0.276 e. The van der Waals surface area contributed by atoms with E-state index in [0.29, 0.717) is 17.9 Å². The highest BCUT2D eigenvalue weighted by Crippen LogP contribution is 2.39. The smallest absolute Gasteiger partial charge is 0.276 e. The molecule has 1 atom stereocenters. The molecule has 0 spiro atoms. The number of fused-ring (bicyclic) bond motifs is 1. The van der Waals surface area contributed by atoms with E-state index in [9.17, 15) is 4.79 Å². The Labute approximate surface area is 205 Å². The van der Waals surface area contributed by atoms with Crippen LogP contribution in [0.15, 0.2) is 76.6 Å². The average molecular weight is 519 g/mol. The lowest BCUT2D eigenvalue weighted by Gasteiger charge is -2.21. The van der Waals surface area contributed by atoms with Gasteiger partial charge in [0.1, 0.15) is 5.75 Å². The number of aromatic nitrogens is 2. The van der Waals surface area contributed by atoms with Crippen LogP contribution in [-0.4, -0.2) is 40.4 Å². The van der Waals surface area contributed by atoms with Crippen molar-refractivity contribution in [3.8, 4) is 11.6 Å². The largest absolute Gasteiger partial charge is 0.497 e. The van der Waals surface area contributed by atoms with Crippen LogP contribution in [0.1, 0.15) is 33.9 Å². The van der Waals surface area contributed by atoms with Gasteiger partial charge in [0.15, 0.2) is 0 Å². The first kappa shape index (κ1) is 22.2. The maximum atomic E-state index is 13.6. The molecular formula is C26H23BrN4O3. The van der Waals surface area contributed by atoms with Crippen molar-refractivity contribution in [1.29, 1.82) is 0 Å². The molecule has 1 amide bonds. The third-order valence-corrected chi connectivity index (χ3v) is 6.60. The molecule has 1 aliphatic rings. The van der Waals surface area contributed by atoms with Crippen LogP contribution >= 0.6 is 15.9 Å². The van der Waals surface area contributed by atoms with E-state index in [-0.39, 0.29) is 11.9 Å². The summed E-state index contributed by atoms with van der Waals surface area (Å²) in [6.07, 6.45) is 4.19. The summed E-state index contributed by atoms with van der Waals surface area (Å²) in [4.78, 5) is 17.8. The van der Waals surface area contributed by atoms with Gasteiger partial charge in [-0.15, -0.1) is 0 Å². The van der Waals surface area contributed by atoms with Crippen molar-refractivity contribution in [3.63, 3.8) is 0 Å². The number of aryl methyl sites for hydroxylation is 1. The normalized spacial score (nSPS) is 15.5. The van der Waals surface area contributed by atoms with Crippen LogP contribution in [0, 0.1) is 0 Å². The van der Waals surface area contributed by atoms with Crippen molar-refractivity contribution in [1.82, 2.24) is 14.6 Å². The molecule has 0 bridgehead atoms. The molecule has 34 heavy (non-hydrogen) atoms. The minimum Gasteiger partial charge on any atom is -0.497 e. The Morgan fingerprint density at radius 2 is 1.85 bits per heavy atom. The zero-order valence-electron chi connectivity index (χ0n) is 19.0. The molecule has 2 aromatic carbocycles. The number of hydrazone groups is 1. The van der Waals surface area contributed by atoms with Gasteiger partial charge < -0.3 is 14.0 Å². The molecule has 0 aliphatic carbocycles. The van der Waals surface area contributed by atoms with Crippen molar-refractivity contribution in [2.24, 2.45) is 12.1 Å². The van der Waals surface area contributed by atoms with Crippen LogP contribution in [0.2, 0.25) is 0 Å². The van der Waals surface area contributed by atoms with E-state index >= 15 is 0 Å². The Balaban J connectivity index is 1.60. The molecule has 0 N–H and O–H groups in total. The zero-order valence-corrected chi connectivity index (χ0v) is 20.6. The summed E-state index contributed by atoms with van der Waals surface area (Å²) in [5.74, 6) is 1.01. The molecule has 5 rings (SSSR count). The molecule has 8 heteroatoms. The summed E-state index contributed by atoms with van der Waals surface area (Å²) in [6.45, 7) is 0. The summed E-state index contributed by atoms with van der Waals surface area (Å²) in [6, 6.07) is 17.1. The zero-order chi connectivity index (χ0) is 23.8. The van der Waals surface area contributed by atoms with Crippen molar-refractivity contribution >= 4 is 38.5 Å². The van der Waals surface area contributed by atoms with E-state index in [1.54, 1.807) is 31.4 Å². The Morgan fingerprint density at radius 1 is 1.06 bits per heavy atom. The Morgan fingerprint density at radius 3 is 2.53 bits per heavy atom. The quantitative estimate of drug-likeness (QED) is 0.357. The highest BCUT2D eigenvalue weighted by Gasteiger charge is 2.35. The fourth-order valence-corrected chi connectivity index (χ4v) is 4.57. The van der Waals surface area contributed by atoms with E-state index < -0.39 is 0 Å². The van der Waals surface area contributed by atoms with Gasteiger partial charge in [0.05, 0.1) is 31.5 Å². The SMILES string of the molecule is COc1ccc2c(c1)c(C1CC(c3ccc(Br)cc3)=NN1C(=O)c1ccc(OC)nc1)cn2C. The summed E-state index contributed by atoms with van der Waals surface area (Å²) in [7, 11) is 5.20. The molecule has 0 fully saturated rings. The van der Waals surface area contributed by atoms with Gasteiger partial charge in [0.2, 0.25) is 5.88 Å². The maximum absolute atomic E-state index is 13.6. The predicted octanol–water partition coefficient (Wildman–Crippen LogP) is 5.34. The second kappa shape index (κ2) is 8.95. The number of pyridine rings is 1. The second-order valence-electron chi connectivity index (χ2n) is 8.09. The topological polar surface area (TPSA) is 68.9 Å². The van der Waals surface area contributed by atoms with Gasteiger partial charge in [-0.05, 0) is 42.0 Å². The number of halogens is 1. The highest BCUT2D eigenvalue weighted by molar-refractivity contribution is 9.10. The molecule has 0 saturated carbocycles. The lowest BCUT2D eigenvalue weighted by atomic mass is 9.97. The van der Waals surface area contributed by atoms with Gasteiger partial charge in [0, 0.05) is 52.9 Å². The molecule has 1 unspecified atom stereocenters. The van der Waals surface area contributed by atoms with Gasteiger partial charge in [0.25, 0.3) is 5.91 Å². The number of hydrogen-bond donors (Lipinski definition) is 0. The molecule has 3 heterocycles. The second-order valence-corrected chi connectivity index (χ2v) is 9.01. The molecule has 0 saturated heterocycles. The van der Waals surface area contributed by atoms with E-state index in [2.05, 4.69) is 31.7 Å². The summed E-state index contributed by atoms with van der Waals surface area (Å²) >= 11 is 3.49. The highest BCUT2D eigenvalue weighted by atomic mass is 79.9. The number of rotatable bonds is 5. The lowest BCUT2D eigenvalue weighted by molar-refractivity contribution is 0.0711. The van der Waals surface area contributed by atoms with Crippen molar-refractivity contribution in [2.75, 3.05) is 14.2 Å². The molecule has 172 valence electrons. The predicted molar refractivity (Wildman–Crippen MR) is 134 cm³/mol. The van der Waals surface area contributed by atoms with Crippen LogP contribution < -0.4 is 9.47 Å². The molecule has 2 aromatic heterocycles. The Kier molecular flexibility index (Phi) is 5.83. The van der Waals surface area contributed by atoms with Gasteiger partial charge in [-0.2, -0.15) is 5.10 Å². The molecule has 1 aliphatic heterocycles. The van der Waals surface area contributed by atoms with Crippen molar-refractivity contribution in [2.45, 2.75) is 12.5 Å². The Hall–Kier alpha value is -3.65. The molecule has 7 nitrogen and oxygen atoms in total. The molecule has 0 radical (unpaired) electrons. The van der Waals surface area contributed by atoms with E-state index in [1.165, 1.54) is 6.20 Å². The van der Waals surface area contributed by atoms with Gasteiger partial charge >= 0.3 is 0 Å². The number of amides is 1. The Bertz CT molecular complexity index is 1390. The molecular weight excluding hydrogens is 496 g/mol. The molecule has 4 aromatic rings. The minimum atomic E-state index is -0.274. The summed E-state index contributed by atoms with van der Waals surface area (Å²) in [5, 5.41) is 7.42. The summed E-state index contributed by atoms with van der Waals surface area (Å²) < 4.78 is 13.7. The van der Waals surface area contributed by atoms with Crippen LogP contribution in [0.25, 0.3) is 10.9 Å². The van der Waals surface area contributed by atoms with Gasteiger partial charge in [-0.25, -0.2) is 9.99 Å². The van der Waals surface area contributed by atoms with Crippen LogP contribution in [0.4, 0.5) is 0 Å². The third-order valence-electron chi connectivity index (χ3n) is 6.07. The standard InChI is InChI=1S/C26H23BrN4O3/c1-30-15-21(20-12-19(33-2)9-10-23(20)30)24-13-22(16-4-7-18(27)8-5-16)29-31(24)26(32)17-6-11-25(34-3)28-14-17/h4-12,14-15,24H,13H2,1-3H3. The first-order chi connectivity index (χ1) is 16.5. The summed E-state index contributed by atoms with van der Waals surface area (Å²) in [5.41, 5.74) is 4.36. The van der Waals surface area contributed by atoms with Crippen LogP contribution in [0.5, 0.6) is 11.6 Å². The first-order valence-electron chi connectivity index (χ1n) is 10.8. The monoisotopic (exact) mass is 518 g/mol. The number of nitrogens with zero attached hydrogens (tertiary/aromatic N) is 4. The number of benzene rings is 2. The third kappa shape index (κ3) is 3.94. The van der Waals surface area contributed by atoms with Gasteiger partial charge in [-0.3, -0.25) is 4.79 Å². The number of carbonyl (C=O) groups is 1. The number of ether oxygens (including phenoxy) is 2. The van der Waals surface area contributed by atoms with E-state index in [0.717, 1.165) is 38.0 Å². The van der Waals surface area contributed by atoms with Crippen LogP contribution in [0.3, 0.4) is 0 Å². The van der Waals surface area contributed by atoms with Crippen molar-refractivity contribution < 1.29 is 14.3 Å². The fraction of sp³-hybridized carbons (Fsp3) is 0.192. The fourth-order valence-electron chi connectivity index (χ4n) is 4.31. The average Bonchev–Trinajstić information content (AvgIpc) is 3.45. The number of carbonyl (C=O) groups excluding carboxylic acids is 1. The minimum absolute atomic E-state index is 0.216.